The summed E-state index contributed by atoms with van der Waals surface area (Å²) in [6.45, 7) is 5.38. The van der Waals surface area contributed by atoms with E-state index in [0.717, 1.165) is 47.6 Å². The molecule has 0 bridgehead atoms. The van der Waals surface area contributed by atoms with Crippen LogP contribution in [0.1, 0.15) is 45.8 Å². The van der Waals surface area contributed by atoms with Crippen molar-refractivity contribution in [2.75, 3.05) is 25.5 Å². The van der Waals surface area contributed by atoms with Crippen LogP contribution in [0.2, 0.25) is 0 Å². The number of methoxy groups -OCH3 is 1. The van der Waals surface area contributed by atoms with Crippen molar-refractivity contribution in [1.82, 2.24) is 4.90 Å². The third-order valence-electron chi connectivity index (χ3n) is 8.28. The fraction of sp³-hybridized carbons (Fsp3) is 0.216. The van der Waals surface area contributed by atoms with Crippen LogP contribution in [0.25, 0.3) is 21.9 Å². The van der Waals surface area contributed by atoms with E-state index < -0.39 is 0 Å². The number of nitrogens with zero attached hydrogens (tertiary/aromatic N) is 1. The molecule has 0 saturated carbocycles. The molecule has 0 atom stereocenters. The molecule has 1 N–H and O–H groups in total. The smallest absolute Gasteiger partial charge is 0.255 e. The standard InChI is InChI=1S/C37H36N2O2/c1-26-3-6-28(7-4-26)31-19-21-39(22-20-31)25-27-5-8-34-24-35(16-13-33(34)23-27)38-37(40)32-11-9-29(10-12-32)30-14-17-36(41-2)18-15-30/h3-18,23-24,31H,19-22,25H2,1-2H3,(H,38,40). The molecular formula is C37H36N2O2. The number of piperidine rings is 1. The van der Waals surface area contributed by atoms with E-state index in [-0.39, 0.29) is 5.91 Å². The number of carbonyl (C=O) groups excluding carboxylic acids is 1. The van der Waals surface area contributed by atoms with Crippen molar-refractivity contribution >= 4 is 22.4 Å². The van der Waals surface area contributed by atoms with Gasteiger partial charge in [0, 0.05) is 17.8 Å². The number of hydrogen-bond donors (Lipinski definition) is 1. The number of fused-ring (bicyclic) bond motifs is 1. The zero-order valence-electron chi connectivity index (χ0n) is 23.8. The molecule has 1 amide bonds. The van der Waals surface area contributed by atoms with Crippen molar-refractivity contribution in [1.29, 1.82) is 0 Å². The lowest BCUT2D eigenvalue weighted by Gasteiger charge is -2.32. The molecule has 1 heterocycles. The van der Waals surface area contributed by atoms with E-state index in [9.17, 15) is 4.79 Å². The fourth-order valence-corrected chi connectivity index (χ4v) is 5.79. The Kier molecular flexibility index (Phi) is 7.84. The van der Waals surface area contributed by atoms with Gasteiger partial charge in [-0.05, 0) is 114 Å². The lowest BCUT2D eigenvalue weighted by molar-refractivity contribution is 0.102. The molecule has 4 nitrogen and oxygen atoms in total. The van der Waals surface area contributed by atoms with E-state index in [2.05, 4.69) is 71.7 Å². The first-order valence-corrected chi connectivity index (χ1v) is 14.4. The minimum absolute atomic E-state index is 0.115. The summed E-state index contributed by atoms with van der Waals surface area (Å²) in [5.74, 6) is 1.38. The Labute approximate surface area is 242 Å². The Morgan fingerprint density at radius 1 is 0.780 bits per heavy atom. The largest absolute Gasteiger partial charge is 0.497 e. The lowest BCUT2D eigenvalue weighted by atomic mass is 9.89. The first kappa shape index (κ1) is 26.8. The van der Waals surface area contributed by atoms with Gasteiger partial charge in [-0.15, -0.1) is 0 Å². The maximum atomic E-state index is 13.0. The highest BCUT2D eigenvalue weighted by Crippen LogP contribution is 2.30. The summed E-state index contributed by atoms with van der Waals surface area (Å²) in [5.41, 5.74) is 7.71. The fourth-order valence-electron chi connectivity index (χ4n) is 5.79. The zero-order chi connectivity index (χ0) is 28.2. The van der Waals surface area contributed by atoms with Gasteiger partial charge < -0.3 is 10.1 Å². The first-order valence-electron chi connectivity index (χ1n) is 14.4. The Bertz CT molecular complexity index is 1630. The second-order valence-electron chi connectivity index (χ2n) is 11.1. The van der Waals surface area contributed by atoms with Gasteiger partial charge in [-0.2, -0.15) is 0 Å². The topological polar surface area (TPSA) is 41.6 Å². The molecule has 4 heteroatoms. The Balaban J connectivity index is 1.06. The molecule has 5 aromatic carbocycles. The molecule has 0 spiro atoms. The minimum Gasteiger partial charge on any atom is -0.497 e. The number of nitrogens with one attached hydrogen (secondary N) is 1. The summed E-state index contributed by atoms with van der Waals surface area (Å²) >= 11 is 0. The van der Waals surface area contributed by atoms with E-state index in [4.69, 9.17) is 4.74 Å². The van der Waals surface area contributed by atoms with Gasteiger partial charge in [-0.25, -0.2) is 0 Å². The molecular weight excluding hydrogens is 504 g/mol. The third kappa shape index (κ3) is 6.34. The van der Waals surface area contributed by atoms with Gasteiger partial charge in [0.2, 0.25) is 0 Å². The number of anilines is 1. The van der Waals surface area contributed by atoms with Gasteiger partial charge in [0.05, 0.1) is 7.11 Å². The van der Waals surface area contributed by atoms with E-state index in [0.29, 0.717) is 11.5 Å². The monoisotopic (exact) mass is 540 g/mol. The average molecular weight is 541 g/mol. The van der Waals surface area contributed by atoms with Crippen LogP contribution in [-0.4, -0.2) is 31.0 Å². The number of benzene rings is 5. The third-order valence-corrected chi connectivity index (χ3v) is 8.28. The molecule has 1 fully saturated rings. The molecule has 0 radical (unpaired) electrons. The van der Waals surface area contributed by atoms with Gasteiger partial charge in [-0.3, -0.25) is 9.69 Å². The van der Waals surface area contributed by atoms with Crippen molar-refractivity contribution in [3.8, 4) is 16.9 Å². The van der Waals surface area contributed by atoms with E-state index in [1.807, 2.05) is 54.6 Å². The van der Waals surface area contributed by atoms with Crippen molar-refractivity contribution in [3.05, 3.63) is 131 Å². The summed E-state index contributed by atoms with van der Waals surface area (Å²) in [4.78, 5) is 15.5. The lowest BCUT2D eigenvalue weighted by Crippen LogP contribution is -2.32. The van der Waals surface area contributed by atoms with Crippen molar-refractivity contribution < 1.29 is 9.53 Å². The summed E-state index contributed by atoms with van der Waals surface area (Å²) in [6, 6.07) is 37.5. The quantitative estimate of drug-likeness (QED) is 0.225. The molecule has 0 unspecified atom stereocenters. The number of carbonyl (C=O) groups is 1. The predicted octanol–water partition coefficient (Wildman–Crippen LogP) is 8.46. The Hall–Kier alpha value is -4.41. The second kappa shape index (κ2) is 12.0. The van der Waals surface area contributed by atoms with Crippen LogP contribution in [0.3, 0.4) is 0 Å². The molecule has 206 valence electrons. The number of aryl methyl sites for hydroxylation is 1. The second-order valence-corrected chi connectivity index (χ2v) is 11.1. The minimum atomic E-state index is -0.115. The van der Waals surface area contributed by atoms with Crippen LogP contribution in [-0.2, 0) is 6.54 Å². The SMILES string of the molecule is COc1ccc(-c2ccc(C(=O)Nc3ccc4cc(CN5CCC(c6ccc(C)cc6)CC5)ccc4c3)cc2)cc1. The summed E-state index contributed by atoms with van der Waals surface area (Å²) < 4.78 is 5.24. The van der Waals surface area contributed by atoms with E-state index in [1.54, 1.807) is 7.11 Å². The van der Waals surface area contributed by atoms with Gasteiger partial charge in [0.1, 0.15) is 5.75 Å². The van der Waals surface area contributed by atoms with Crippen LogP contribution in [0.5, 0.6) is 5.75 Å². The number of likely N-dealkylation sites (tertiary alicyclic amines) is 1. The van der Waals surface area contributed by atoms with Crippen molar-refractivity contribution in [2.45, 2.75) is 32.2 Å². The van der Waals surface area contributed by atoms with Gasteiger partial charge in [-0.1, -0.05) is 72.3 Å². The number of ether oxygens (including phenoxy) is 1. The Morgan fingerprint density at radius 3 is 2.10 bits per heavy atom. The highest BCUT2D eigenvalue weighted by atomic mass is 16.5. The molecule has 5 aromatic rings. The number of amides is 1. The normalized spacial score (nSPS) is 14.2. The van der Waals surface area contributed by atoms with Crippen LogP contribution < -0.4 is 10.1 Å². The van der Waals surface area contributed by atoms with Crippen LogP contribution in [0.15, 0.2) is 109 Å². The van der Waals surface area contributed by atoms with Gasteiger partial charge >= 0.3 is 0 Å². The highest BCUT2D eigenvalue weighted by molar-refractivity contribution is 6.05. The molecule has 1 aliphatic heterocycles. The molecule has 41 heavy (non-hydrogen) atoms. The zero-order valence-corrected chi connectivity index (χ0v) is 23.8. The van der Waals surface area contributed by atoms with Crippen LogP contribution in [0, 0.1) is 6.92 Å². The number of rotatable bonds is 7. The summed E-state index contributed by atoms with van der Waals surface area (Å²) in [5, 5.41) is 5.38. The van der Waals surface area contributed by atoms with E-state index >= 15 is 0 Å². The Morgan fingerprint density at radius 2 is 1.41 bits per heavy atom. The summed E-state index contributed by atoms with van der Waals surface area (Å²) in [7, 11) is 1.66. The highest BCUT2D eigenvalue weighted by Gasteiger charge is 2.20. The maximum absolute atomic E-state index is 13.0. The van der Waals surface area contributed by atoms with Crippen molar-refractivity contribution in [3.63, 3.8) is 0 Å². The van der Waals surface area contributed by atoms with Crippen LogP contribution >= 0.6 is 0 Å². The van der Waals surface area contributed by atoms with Crippen molar-refractivity contribution in [2.24, 2.45) is 0 Å². The molecule has 1 saturated heterocycles. The molecule has 0 aromatic heterocycles. The predicted molar refractivity (Wildman–Crippen MR) is 169 cm³/mol. The molecule has 1 aliphatic rings. The maximum Gasteiger partial charge on any atom is 0.255 e. The summed E-state index contributed by atoms with van der Waals surface area (Å²) in [6.07, 6.45) is 2.42. The van der Waals surface area contributed by atoms with Gasteiger partial charge in [0.15, 0.2) is 0 Å². The first-order chi connectivity index (χ1) is 20.0. The molecule has 0 aliphatic carbocycles. The number of hydrogen-bond acceptors (Lipinski definition) is 3. The van der Waals surface area contributed by atoms with Gasteiger partial charge in [0.25, 0.3) is 5.91 Å². The van der Waals surface area contributed by atoms with E-state index in [1.165, 1.54) is 34.9 Å². The van der Waals surface area contributed by atoms with Crippen LogP contribution in [0.4, 0.5) is 5.69 Å². The molecule has 6 rings (SSSR count). The average Bonchev–Trinajstić information content (AvgIpc) is 3.02.